The predicted octanol–water partition coefficient (Wildman–Crippen LogP) is 3.87. The molecule has 80 valence electrons. The molecule has 0 aliphatic carbocycles. The van der Waals surface area contributed by atoms with Crippen molar-refractivity contribution in [1.82, 2.24) is 14.6 Å². The van der Waals surface area contributed by atoms with Gasteiger partial charge >= 0.3 is 0 Å². The van der Waals surface area contributed by atoms with Crippen LogP contribution in [0.5, 0.6) is 0 Å². The van der Waals surface area contributed by atoms with Crippen molar-refractivity contribution in [3.8, 4) is 10.7 Å². The number of hydrogen-bond donors (Lipinski definition) is 0. The van der Waals surface area contributed by atoms with Crippen molar-refractivity contribution in [2.24, 2.45) is 0 Å². The molecule has 16 heavy (non-hydrogen) atoms. The van der Waals surface area contributed by atoms with Crippen LogP contribution in [0, 0.1) is 0 Å². The summed E-state index contributed by atoms with van der Waals surface area (Å²) in [5.74, 6) is 0.774. The first-order valence-corrected chi connectivity index (χ1v) is 6.50. The van der Waals surface area contributed by atoms with Crippen molar-refractivity contribution in [2.75, 3.05) is 0 Å². The zero-order valence-corrected chi connectivity index (χ0v) is 11.1. The summed E-state index contributed by atoms with van der Waals surface area (Å²) >= 11 is 11.2. The Hall–Kier alpha value is -0.910. The lowest BCUT2D eigenvalue weighted by Gasteiger charge is -1.98. The molecule has 6 heteroatoms. The third-order valence-electron chi connectivity index (χ3n) is 2.17. The van der Waals surface area contributed by atoms with Gasteiger partial charge in [0, 0.05) is 0 Å². The van der Waals surface area contributed by atoms with E-state index in [-0.39, 0.29) is 0 Å². The van der Waals surface area contributed by atoms with E-state index in [4.69, 9.17) is 11.6 Å². The fourth-order valence-corrected chi connectivity index (χ4v) is 3.10. The Labute approximate surface area is 109 Å². The molecule has 3 nitrogen and oxygen atoms in total. The van der Waals surface area contributed by atoms with Gasteiger partial charge in [0.2, 0.25) is 0 Å². The largest absolute Gasteiger partial charge is 0.264 e. The summed E-state index contributed by atoms with van der Waals surface area (Å²) in [4.78, 5) is 1.03. The topological polar surface area (TPSA) is 30.2 Å². The summed E-state index contributed by atoms with van der Waals surface area (Å²) in [6.07, 6.45) is 0. The van der Waals surface area contributed by atoms with Gasteiger partial charge in [-0.25, -0.2) is 0 Å². The zero-order valence-electron chi connectivity index (χ0n) is 7.89. The molecule has 0 bridgehead atoms. The van der Waals surface area contributed by atoms with Crippen molar-refractivity contribution in [3.05, 3.63) is 39.3 Å². The van der Waals surface area contributed by atoms with Gasteiger partial charge in [0.15, 0.2) is 11.5 Å². The first kappa shape index (κ1) is 10.3. The van der Waals surface area contributed by atoms with Crippen LogP contribution in [-0.4, -0.2) is 14.6 Å². The molecule has 0 aliphatic heterocycles. The highest BCUT2D eigenvalue weighted by atomic mass is 79.9. The molecular formula is C10H5BrClN3S. The monoisotopic (exact) mass is 313 g/mol. The van der Waals surface area contributed by atoms with Gasteiger partial charge in [-0.05, 0) is 40.2 Å². The summed E-state index contributed by atoms with van der Waals surface area (Å²) in [6.45, 7) is 0. The van der Waals surface area contributed by atoms with E-state index >= 15 is 0 Å². The Kier molecular flexibility index (Phi) is 2.46. The van der Waals surface area contributed by atoms with Crippen LogP contribution in [0.1, 0.15) is 0 Å². The van der Waals surface area contributed by atoms with Gasteiger partial charge in [-0.15, -0.1) is 21.5 Å². The number of aromatic nitrogens is 3. The van der Waals surface area contributed by atoms with Crippen molar-refractivity contribution < 1.29 is 0 Å². The van der Waals surface area contributed by atoms with Crippen LogP contribution in [0.25, 0.3) is 16.3 Å². The normalized spacial score (nSPS) is 11.1. The zero-order chi connectivity index (χ0) is 11.1. The molecule has 0 amide bonds. The van der Waals surface area contributed by atoms with E-state index < -0.39 is 0 Å². The van der Waals surface area contributed by atoms with Crippen LogP contribution in [0.3, 0.4) is 0 Å². The Morgan fingerprint density at radius 2 is 2.06 bits per heavy atom. The molecule has 0 saturated carbocycles. The van der Waals surface area contributed by atoms with Gasteiger partial charge in [-0.2, -0.15) is 0 Å². The molecule has 0 fully saturated rings. The SMILES string of the molecule is Clc1cccc2nnc(-c3ccc(Br)s3)n12. The molecule has 3 heterocycles. The molecule has 0 atom stereocenters. The lowest BCUT2D eigenvalue weighted by Crippen LogP contribution is -1.88. The maximum Gasteiger partial charge on any atom is 0.179 e. The van der Waals surface area contributed by atoms with Gasteiger partial charge in [0.1, 0.15) is 5.15 Å². The quantitative estimate of drug-likeness (QED) is 0.638. The highest BCUT2D eigenvalue weighted by molar-refractivity contribution is 9.11. The molecule has 0 N–H and O–H groups in total. The molecule has 0 aromatic carbocycles. The summed E-state index contributed by atoms with van der Waals surface area (Å²) in [5.41, 5.74) is 0.757. The first-order valence-electron chi connectivity index (χ1n) is 4.51. The second-order valence-electron chi connectivity index (χ2n) is 3.17. The maximum atomic E-state index is 6.14. The molecule has 3 aromatic rings. The van der Waals surface area contributed by atoms with E-state index in [0.29, 0.717) is 5.15 Å². The van der Waals surface area contributed by atoms with Gasteiger partial charge < -0.3 is 0 Å². The minimum absolute atomic E-state index is 0.613. The van der Waals surface area contributed by atoms with Crippen molar-refractivity contribution in [1.29, 1.82) is 0 Å². The van der Waals surface area contributed by atoms with E-state index in [9.17, 15) is 0 Å². The third kappa shape index (κ3) is 1.55. The number of nitrogens with zero attached hydrogens (tertiary/aromatic N) is 3. The Bertz CT molecular complexity index is 661. The molecule has 0 aliphatic rings. The first-order chi connectivity index (χ1) is 7.75. The smallest absolute Gasteiger partial charge is 0.179 e. The van der Waals surface area contributed by atoms with E-state index in [0.717, 1.165) is 20.1 Å². The van der Waals surface area contributed by atoms with Gasteiger partial charge in [-0.3, -0.25) is 4.40 Å². The predicted molar refractivity (Wildman–Crippen MR) is 69.0 cm³/mol. The second kappa shape index (κ2) is 3.84. The fourth-order valence-electron chi connectivity index (χ4n) is 1.50. The number of hydrogen-bond acceptors (Lipinski definition) is 3. The number of halogens is 2. The van der Waals surface area contributed by atoms with Crippen LogP contribution in [0.2, 0.25) is 5.15 Å². The highest BCUT2D eigenvalue weighted by Crippen LogP contribution is 2.31. The Balaban J connectivity index is 2.32. The maximum absolute atomic E-state index is 6.14. The summed E-state index contributed by atoms with van der Waals surface area (Å²) < 4.78 is 2.89. The van der Waals surface area contributed by atoms with Crippen LogP contribution >= 0.6 is 38.9 Å². The van der Waals surface area contributed by atoms with Gasteiger partial charge in [-0.1, -0.05) is 17.7 Å². The molecular weight excluding hydrogens is 310 g/mol. The average Bonchev–Trinajstić information content (AvgIpc) is 2.84. The van der Waals surface area contributed by atoms with Crippen LogP contribution < -0.4 is 0 Å². The standard InChI is InChI=1S/C10H5BrClN3S/c11-7-5-4-6(16-7)10-14-13-9-3-1-2-8(12)15(9)10/h1-5H. The Morgan fingerprint density at radius 3 is 2.81 bits per heavy atom. The second-order valence-corrected chi connectivity index (χ2v) is 6.02. The number of rotatable bonds is 1. The highest BCUT2D eigenvalue weighted by Gasteiger charge is 2.11. The van der Waals surface area contributed by atoms with Crippen LogP contribution in [-0.2, 0) is 0 Å². The number of fused-ring (bicyclic) bond motifs is 1. The van der Waals surface area contributed by atoms with E-state index in [2.05, 4.69) is 26.1 Å². The lowest BCUT2D eigenvalue weighted by atomic mass is 10.4. The van der Waals surface area contributed by atoms with Crippen LogP contribution in [0.4, 0.5) is 0 Å². The summed E-state index contributed by atoms with van der Waals surface area (Å²) in [7, 11) is 0. The molecule has 3 aromatic heterocycles. The van der Waals surface area contributed by atoms with E-state index in [1.54, 1.807) is 11.3 Å². The Morgan fingerprint density at radius 1 is 1.19 bits per heavy atom. The van der Waals surface area contributed by atoms with Gasteiger partial charge in [0.25, 0.3) is 0 Å². The third-order valence-corrected chi connectivity index (χ3v) is 4.09. The molecule has 0 spiro atoms. The minimum atomic E-state index is 0.613. The minimum Gasteiger partial charge on any atom is -0.264 e. The van der Waals surface area contributed by atoms with E-state index in [1.165, 1.54) is 0 Å². The number of pyridine rings is 1. The summed E-state index contributed by atoms with van der Waals surface area (Å²) in [5, 5.41) is 8.86. The van der Waals surface area contributed by atoms with Gasteiger partial charge in [0.05, 0.1) is 8.66 Å². The molecule has 0 unspecified atom stereocenters. The van der Waals surface area contributed by atoms with Crippen molar-refractivity contribution in [2.45, 2.75) is 0 Å². The fraction of sp³-hybridized carbons (Fsp3) is 0. The van der Waals surface area contributed by atoms with Crippen molar-refractivity contribution in [3.63, 3.8) is 0 Å². The lowest BCUT2D eigenvalue weighted by molar-refractivity contribution is 1.12. The van der Waals surface area contributed by atoms with E-state index in [1.807, 2.05) is 34.7 Å². The van der Waals surface area contributed by atoms with Crippen molar-refractivity contribution >= 4 is 44.5 Å². The van der Waals surface area contributed by atoms with Crippen LogP contribution in [0.15, 0.2) is 34.1 Å². The molecule has 0 saturated heterocycles. The molecule has 0 radical (unpaired) electrons. The number of thiophene rings is 1. The average molecular weight is 315 g/mol. The molecule has 3 rings (SSSR count). The summed E-state index contributed by atoms with van der Waals surface area (Å²) in [6, 6.07) is 9.54.